The van der Waals surface area contributed by atoms with Gasteiger partial charge in [0.1, 0.15) is 17.9 Å². The molecule has 2 saturated heterocycles. The van der Waals surface area contributed by atoms with E-state index in [2.05, 4.69) is 14.9 Å². The molecule has 3 aliphatic rings. The number of likely N-dealkylation sites (N-methyl/N-ethyl adjacent to an activating group) is 1. The van der Waals surface area contributed by atoms with Crippen LogP contribution in [0.5, 0.6) is 0 Å². The molecule has 4 rings (SSSR count). The highest BCUT2D eigenvalue weighted by atomic mass is 16.2. The van der Waals surface area contributed by atoms with Gasteiger partial charge in [-0.05, 0) is 12.8 Å². The average molecular weight is 386 g/mol. The minimum absolute atomic E-state index is 0.172. The van der Waals surface area contributed by atoms with Crippen molar-refractivity contribution in [2.75, 3.05) is 44.7 Å². The van der Waals surface area contributed by atoms with Crippen LogP contribution in [0.25, 0.3) is 0 Å². The smallest absolute Gasteiger partial charge is 0.327 e. The Morgan fingerprint density at radius 3 is 2.43 bits per heavy atom. The lowest BCUT2D eigenvalue weighted by Gasteiger charge is -2.36. The van der Waals surface area contributed by atoms with E-state index in [4.69, 9.17) is 0 Å². The fraction of sp³-hybridized carbons (Fsp3) is 0.632. The van der Waals surface area contributed by atoms with Gasteiger partial charge in [0.25, 0.3) is 5.91 Å². The zero-order valence-corrected chi connectivity index (χ0v) is 16.2. The Morgan fingerprint density at radius 1 is 1.07 bits per heavy atom. The molecule has 0 N–H and O–H groups in total. The van der Waals surface area contributed by atoms with Crippen LogP contribution in [0, 0.1) is 0 Å². The first kappa shape index (κ1) is 18.6. The highest BCUT2D eigenvalue weighted by Crippen LogP contribution is 2.39. The number of carbonyl (C=O) groups is 3. The van der Waals surface area contributed by atoms with Crippen LogP contribution in [0.3, 0.4) is 0 Å². The summed E-state index contributed by atoms with van der Waals surface area (Å²) in [5.41, 5.74) is -0.736. The highest BCUT2D eigenvalue weighted by Gasteiger charge is 2.56. The molecular formula is C19H26N6O3. The molecule has 3 fully saturated rings. The molecule has 3 heterocycles. The monoisotopic (exact) mass is 386 g/mol. The van der Waals surface area contributed by atoms with Crippen molar-refractivity contribution in [3.63, 3.8) is 0 Å². The maximum Gasteiger partial charge on any atom is 0.327 e. The summed E-state index contributed by atoms with van der Waals surface area (Å²) in [4.78, 5) is 53.4. The maximum atomic E-state index is 13.0. The number of anilines is 1. The molecule has 0 radical (unpaired) electrons. The van der Waals surface area contributed by atoms with Gasteiger partial charge < -0.3 is 14.7 Å². The van der Waals surface area contributed by atoms with Gasteiger partial charge >= 0.3 is 6.03 Å². The highest BCUT2D eigenvalue weighted by molar-refractivity contribution is 6.08. The van der Waals surface area contributed by atoms with E-state index in [0.717, 1.165) is 30.0 Å². The van der Waals surface area contributed by atoms with Crippen LogP contribution in [-0.2, 0) is 9.59 Å². The Morgan fingerprint density at radius 2 is 1.79 bits per heavy atom. The molecule has 0 unspecified atom stereocenters. The number of amides is 4. The van der Waals surface area contributed by atoms with E-state index in [9.17, 15) is 14.4 Å². The minimum Gasteiger partial charge on any atom is -0.352 e. The number of urea groups is 1. The van der Waals surface area contributed by atoms with E-state index >= 15 is 0 Å². The molecule has 0 aromatic carbocycles. The summed E-state index contributed by atoms with van der Waals surface area (Å²) in [5, 5.41) is 0. The number of imide groups is 1. The molecule has 0 bridgehead atoms. The van der Waals surface area contributed by atoms with Crippen molar-refractivity contribution in [2.45, 2.75) is 37.6 Å². The first-order valence-corrected chi connectivity index (χ1v) is 9.91. The summed E-state index contributed by atoms with van der Waals surface area (Å²) in [6.45, 7) is 2.19. The maximum absolute atomic E-state index is 13.0. The molecule has 150 valence electrons. The van der Waals surface area contributed by atoms with Crippen molar-refractivity contribution in [2.24, 2.45) is 0 Å². The second kappa shape index (κ2) is 7.37. The standard InChI is InChI=1S/C19H26N6O3/c1-22-18(28)25(17(27)19(22)5-3-2-4-6-19)14-16(26)24-11-9-23(10-12-24)15-13-20-7-8-21-15/h7-8,13H,2-6,9-12,14H2,1H3. The molecule has 0 atom stereocenters. The third-order valence-corrected chi connectivity index (χ3v) is 6.28. The quantitative estimate of drug-likeness (QED) is 0.711. The van der Waals surface area contributed by atoms with Gasteiger partial charge in [0, 0.05) is 45.6 Å². The van der Waals surface area contributed by atoms with Crippen molar-refractivity contribution in [3.05, 3.63) is 18.6 Å². The zero-order valence-electron chi connectivity index (χ0n) is 16.2. The summed E-state index contributed by atoms with van der Waals surface area (Å²) in [5.74, 6) is 0.411. The molecule has 1 aromatic rings. The Bertz CT molecular complexity index is 756. The molecule has 2 aliphatic heterocycles. The number of hydrogen-bond acceptors (Lipinski definition) is 6. The molecule has 1 spiro atoms. The van der Waals surface area contributed by atoms with Crippen LogP contribution in [0.1, 0.15) is 32.1 Å². The Balaban J connectivity index is 1.38. The third-order valence-electron chi connectivity index (χ3n) is 6.28. The SMILES string of the molecule is CN1C(=O)N(CC(=O)N2CCN(c3cnccn3)CC2)C(=O)C12CCCCC2. The Kier molecular flexibility index (Phi) is 4.91. The topological polar surface area (TPSA) is 90.0 Å². The van der Waals surface area contributed by atoms with E-state index in [1.54, 1.807) is 35.4 Å². The zero-order chi connectivity index (χ0) is 19.7. The van der Waals surface area contributed by atoms with Crippen molar-refractivity contribution in [1.82, 2.24) is 24.7 Å². The largest absolute Gasteiger partial charge is 0.352 e. The fourth-order valence-corrected chi connectivity index (χ4v) is 4.55. The molecule has 4 amide bonds. The summed E-state index contributed by atoms with van der Waals surface area (Å²) in [7, 11) is 1.69. The van der Waals surface area contributed by atoms with Gasteiger partial charge in [-0.2, -0.15) is 0 Å². The van der Waals surface area contributed by atoms with Crippen molar-refractivity contribution < 1.29 is 14.4 Å². The lowest BCUT2D eigenvalue weighted by Crippen LogP contribution is -2.52. The van der Waals surface area contributed by atoms with Gasteiger partial charge in [-0.25, -0.2) is 9.78 Å². The number of aromatic nitrogens is 2. The third kappa shape index (κ3) is 3.08. The average Bonchev–Trinajstić information content (AvgIpc) is 2.91. The van der Waals surface area contributed by atoms with Crippen molar-refractivity contribution >= 4 is 23.7 Å². The lowest BCUT2D eigenvalue weighted by atomic mass is 9.81. The van der Waals surface area contributed by atoms with Crippen LogP contribution in [-0.4, -0.2) is 87.8 Å². The number of hydrogen-bond donors (Lipinski definition) is 0. The Labute approximate surface area is 164 Å². The second-order valence-electron chi connectivity index (χ2n) is 7.76. The van der Waals surface area contributed by atoms with Gasteiger partial charge in [0.15, 0.2) is 0 Å². The number of carbonyl (C=O) groups excluding carboxylic acids is 3. The number of piperazine rings is 1. The summed E-state index contributed by atoms with van der Waals surface area (Å²) in [6, 6.07) is -0.349. The summed E-state index contributed by atoms with van der Waals surface area (Å²) >= 11 is 0. The Hall–Kier alpha value is -2.71. The van der Waals surface area contributed by atoms with Gasteiger partial charge in [-0.1, -0.05) is 19.3 Å². The van der Waals surface area contributed by atoms with Gasteiger partial charge in [0.05, 0.1) is 6.20 Å². The normalized spacial score (nSPS) is 22.3. The molecule has 1 aromatic heterocycles. The predicted octanol–water partition coefficient (Wildman–Crippen LogP) is 0.722. The summed E-state index contributed by atoms with van der Waals surface area (Å²) < 4.78 is 0. The van der Waals surface area contributed by atoms with Crippen LogP contribution in [0.4, 0.5) is 10.6 Å². The van der Waals surface area contributed by atoms with Crippen molar-refractivity contribution in [1.29, 1.82) is 0 Å². The first-order chi connectivity index (χ1) is 13.5. The molecule has 9 nitrogen and oxygen atoms in total. The summed E-state index contributed by atoms with van der Waals surface area (Å²) in [6.07, 6.45) is 9.33. The second-order valence-corrected chi connectivity index (χ2v) is 7.76. The van der Waals surface area contributed by atoms with E-state index in [1.807, 2.05) is 0 Å². The van der Waals surface area contributed by atoms with Gasteiger partial charge in [0.2, 0.25) is 5.91 Å². The van der Waals surface area contributed by atoms with Gasteiger partial charge in [-0.15, -0.1) is 0 Å². The molecule has 28 heavy (non-hydrogen) atoms. The fourth-order valence-electron chi connectivity index (χ4n) is 4.55. The molecular weight excluding hydrogens is 360 g/mol. The number of rotatable bonds is 3. The number of nitrogens with zero attached hydrogens (tertiary/aromatic N) is 6. The van der Waals surface area contributed by atoms with E-state index in [1.165, 1.54) is 0 Å². The lowest BCUT2D eigenvalue weighted by molar-refractivity contribution is -0.140. The van der Waals surface area contributed by atoms with Crippen LogP contribution in [0.15, 0.2) is 18.6 Å². The first-order valence-electron chi connectivity index (χ1n) is 9.91. The van der Waals surface area contributed by atoms with E-state index in [0.29, 0.717) is 39.0 Å². The molecule has 9 heteroatoms. The molecule has 1 aliphatic carbocycles. The van der Waals surface area contributed by atoms with E-state index < -0.39 is 5.54 Å². The van der Waals surface area contributed by atoms with Crippen LogP contribution < -0.4 is 4.90 Å². The predicted molar refractivity (Wildman–Crippen MR) is 102 cm³/mol. The molecule has 1 saturated carbocycles. The van der Waals surface area contributed by atoms with Crippen LogP contribution in [0.2, 0.25) is 0 Å². The van der Waals surface area contributed by atoms with Gasteiger partial charge in [-0.3, -0.25) is 19.5 Å². The van der Waals surface area contributed by atoms with E-state index in [-0.39, 0.29) is 24.4 Å². The van der Waals surface area contributed by atoms with Crippen molar-refractivity contribution in [3.8, 4) is 0 Å². The minimum atomic E-state index is -0.736. The van der Waals surface area contributed by atoms with Crippen LogP contribution >= 0.6 is 0 Å².